The van der Waals surface area contributed by atoms with Crippen LogP contribution in [0.15, 0.2) is 35.6 Å². The summed E-state index contributed by atoms with van der Waals surface area (Å²) in [6.07, 6.45) is 1.53. The standard InChI is InChI=1S/C14H20N6O.HI/c1-15-14(17-9-13-18-10-19-20(13)2)16-8-11-6-4-5-7-12(11)21-3;/h4-7,10H,8-9H2,1-3H3,(H2,15,16,17);1H. The van der Waals surface area contributed by atoms with Gasteiger partial charge in [0.05, 0.1) is 13.7 Å². The predicted octanol–water partition coefficient (Wildman–Crippen LogP) is 1.31. The summed E-state index contributed by atoms with van der Waals surface area (Å²) >= 11 is 0. The highest BCUT2D eigenvalue weighted by atomic mass is 127. The van der Waals surface area contributed by atoms with Crippen LogP contribution in [0.5, 0.6) is 5.75 Å². The van der Waals surface area contributed by atoms with Gasteiger partial charge >= 0.3 is 0 Å². The first-order chi connectivity index (χ1) is 10.2. The number of para-hydroxylation sites is 1. The highest BCUT2D eigenvalue weighted by molar-refractivity contribution is 14.0. The Labute approximate surface area is 147 Å². The van der Waals surface area contributed by atoms with Gasteiger partial charge in [0.1, 0.15) is 17.9 Å². The zero-order valence-corrected chi connectivity index (χ0v) is 15.2. The van der Waals surface area contributed by atoms with Crippen molar-refractivity contribution < 1.29 is 4.74 Å². The summed E-state index contributed by atoms with van der Waals surface area (Å²) < 4.78 is 7.05. The molecule has 0 saturated heterocycles. The summed E-state index contributed by atoms with van der Waals surface area (Å²) in [4.78, 5) is 8.34. The topological polar surface area (TPSA) is 76.4 Å². The van der Waals surface area contributed by atoms with E-state index in [9.17, 15) is 0 Å². The molecule has 0 atom stereocenters. The molecule has 2 aromatic rings. The van der Waals surface area contributed by atoms with Crippen LogP contribution in [0.2, 0.25) is 0 Å². The fourth-order valence-electron chi connectivity index (χ4n) is 1.89. The Hall–Kier alpha value is -1.84. The number of nitrogens with zero attached hydrogens (tertiary/aromatic N) is 4. The van der Waals surface area contributed by atoms with Crippen molar-refractivity contribution in [3.05, 3.63) is 42.0 Å². The van der Waals surface area contributed by atoms with Gasteiger partial charge in [0.2, 0.25) is 0 Å². The Morgan fingerprint density at radius 1 is 1.27 bits per heavy atom. The van der Waals surface area contributed by atoms with Crippen LogP contribution in [0, 0.1) is 0 Å². The number of methoxy groups -OCH3 is 1. The molecule has 120 valence electrons. The van der Waals surface area contributed by atoms with E-state index < -0.39 is 0 Å². The van der Waals surface area contributed by atoms with Gasteiger partial charge in [0.15, 0.2) is 5.96 Å². The van der Waals surface area contributed by atoms with Crippen LogP contribution in [0.1, 0.15) is 11.4 Å². The Bertz CT molecular complexity index is 613. The lowest BCUT2D eigenvalue weighted by Crippen LogP contribution is -2.37. The van der Waals surface area contributed by atoms with E-state index in [1.165, 1.54) is 6.33 Å². The molecule has 0 spiro atoms. The van der Waals surface area contributed by atoms with Gasteiger partial charge in [0, 0.05) is 26.2 Å². The molecule has 0 saturated carbocycles. The zero-order chi connectivity index (χ0) is 15.1. The summed E-state index contributed by atoms with van der Waals surface area (Å²) in [5, 5.41) is 10.5. The van der Waals surface area contributed by atoms with Crippen molar-refractivity contribution >= 4 is 29.9 Å². The first kappa shape index (κ1) is 18.2. The molecule has 0 fully saturated rings. The number of aliphatic imine (C=N–C) groups is 1. The van der Waals surface area contributed by atoms with Gasteiger partial charge in [-0.2, -0.15) is 5.10 Å². The Morgan fingerprint density at radius 3 is 2.64 bits per heavy atom. The molecule has 0 aliphatic heterocycles. The lowest BCUT2D eigenvalue weighted by atomic mass is 10.2. The van der Waals surface area contributed by atoms with Crippen LogP contribution in [0.4, 0.5) is 0 Å². The maximum atomic E-state index is 5.32. The van der Waals surface area contributed by atoms with E-state index in [1.54, 1.807) is 18.8 Å². The molecule has 0 unspecified atom stereocenters. The number of ether oxygens (including phenoxy) is 1. The third kappa shape index (κ3) is 4.86. The maximum Gasteiger partial charge on any atom is 0.191 e. The van der Waals surface area contributed by atoms with Crippen molar-refractivity contribution in [1.29, 1.82) is 0 Å². The average molecular weight is 416 g/mol. The van der Waals surface area contributed by atoms with E-state index in [-0.39, 0.29) is 24.0 Å². The van der Waals surface area contributed by atoms with Gasteiger partial charge in [-0.3, -0.25) is 9.67 Å². The number of nitrogens with one attached hydrogen (secondary N) is 2. The SMILES string of the molecule is CN=C(NCc1ccccc1OC)NCc1ncnn1C.I. The second-order valence-corrected chi connectivity index (χ2v) is 4.39. The fraction of sp³-hybridized carbons (Fsp3) is 0.357. The predicted molar refractivity (Wildman–Crippen MR) is 96.5 cm³/mol. The van der Waals surface area contributed by atoms with Crippen LogP contribution in [-0.2, 0) is 20.1 Å². The van der Waals surface area contributed by atoms with Gasteiger partial charge in [-0.25, -0.2) is 4.98 Å². The van der Waals surface area contributed by atoms with Gasteiger partial charge in [0.25, 0.3) is 0 Å². The van der Waals surface area contributed by atoms with E-state index in [0.29, 0.717) is 19.0 Å². The van der Waals surface area contributed by atoms with Crippen molar-refractivity contribution in [1.82, 2.24) is 25.4 Å². The average Bonchev–Trinajstić information content (AvgIpc) is 2.93. The minimum Gasteiger partial charge on any atom is -0.496 e. The normalized spacial score (nSPS) is 10.8. The largest absolute Gasteiger partial charge is 0.496 e. The minimum absolute atomic E-state index is 0. The molecule has 2 rings (SSSR count). The number of aromatic nitrogens is 3. The number of guanidine groups is 1. The molecular formula is C14H21IN6O. The summed E-state index contributed by atoms with van der Waals surface area (Å²) in [5.41, 5.74) is 1.07. The molecule has 0 aliphatic carbocycles. The van der Waals surface area contributed by atoms with Crippen molar-refractivity contribution in [3.63, 3.8) is 0 Å². The summed E-state index contributed by atoms with van der Waals surface area (Å²) in [7, 11) is 5.25. The highest BCUT2D eigenvalue weighted by Gasteiger charge is 2.05. The van der Waals surface area contributed by atoms with E-state index in [2.05, 4.69) is 25.7 Å². The number of halogens is 1. The monoisotopic (exact) mass is 416 g/mol. The molecule has 0 bridgehead atoms. The van der Waals surface area contributed by atoms with Gasteiger partial charge in [-0.1, -0.05) is 18.2 Å². The molecule has 1 aromatic carbocycles. The first-order valence-corrected chi connectivity index (χ1v) is 6.64. The van der Waals surface area contributed by atoms with Crippen molar-refractivity contribution in [2.24, 2.45) is 12.0 Å². The second-order valence-electron chi connectivity index (χ2n) is 4.39. The lowest BCUT2D eigenvalue weighted by molar-refractivity contribution is 0.409. The Kier molecular flexibility index (Phi) is 7.64. The first-order valence-electron chi connectivity index (χ1n) is 6.64. The molecule has 1 heterocycles. The Balaban J connectivity index is 0.00000242. The second kappa shape index (κ2) is 9.23. The fourth-order valence-corrected chi connectivity index (χ4v) is 1.89. The molecule has 0 amide bonds. The molecule has 2 N–H and O–H groups in total. The zero-order valence-electron chi connectivity index (χ0n) is 12.9. The maximum absolute atomic E-state index is 5.32. The number of hydrogen-bond donors (Lipinski definition) is 2. The summed E-state index contributed by atoms with van der Waals surface area (Å²) in [6, 6.07) is 7.88. The third-order valence-electron chi connectivity index (χ3n) is 3.08. The molecule has 7 nitrogen and oxygen atoms in total. The number of hydrogen-bond acceptors (Lipinski definition) is 4. The number of rotatable bonds is 5. The molecule has 8 heteroatoms. The molecular weight excluding hydrogens is 395 g/mol. The van der Waals surface area contributed by atoms with Gasteiger partial charge in [-0.15, -0.1) is 24.0 Å². The van der Waals surface area contributed by atoms with E-state index in [0.717, 1.165) is 17.1 Å². The van der Waals surface area contributed by atoms with Crippen LogP contribution in [0.3, 0.4) is 0 Å². The third-order valence-corrected chi connectivity index (χ3v) is 3.08. The Morgan fingerprint density at radius 2 is 2.00 bits per heavy atom. The molecule has 1 aromatic heterocycles. The quantitative estimate of drug-likeness (QED) is 0.437. The van der Waals surface area contributed by atoms with Crippen molar-refractivity contribution in [2.45, 2.75) is 13.1 Å². The van der Waals surface area contributed by atoms with E-state index >= 15 is 0 Å². The smallest absolute Gasteiger partial charge is 0.191 e. The van der Waals surface area contributed by atoms with Crippen molar-refractivity contribution in [2.75, 3.05) is 14.2 Å². The highest BCUT2D eigenvalue weighted by Crippen LogP contribution is 2.16. The van der Waals surface area contributed by atoms with Gasteiger partial charge < -0.3 is 15.4 Å². The minimum atomic E-state index is 0. The van der Waals surface area contributed by atoms with Crippen LogP contribution in [-0.4, -0.2) is 34.9 Å². The molecule has 0 radical (unpaired) electrons. The summed E-state index contributed by atoms with van der Waals surface area (Å²) in [6.45, 7) is 1.19. The number of benzene rings is 1. The van der Waals surface area contributed by atoms with Crippen LogP contribution >= 0.6 is 24.0 Å². The van der Waals surface area contributed by atoms with Crippen LogP contribution in [0.25, 0.3) is 0 Å². The molecule has 0 aliphatic rings. The van der Waals surface area contributed by atoms with Crippen molar-refractivity contribution in [3.8, 4) is 5.75 Å². The van der Waals surface area contributed by atoms with Gasteiger partial charge in [-0.05, 0) is 6.07 Å². The van der Waals surface area contributed by atoms with E-state index in [4.69, 9.17) is 4.74 Å². The van der Waals surface area contributed by atoms with E-state index in [1.807, 2.05) is 31.3 Å². The molecule has 22 heavy (non-hydrogen) atoms. The summed E-state index contributed by atoms with van der Waals surface area (Å²) in [5.74, 6) is 2.40. The number of aryl methyl sites for hydroxylation is 1. The van der Waals surface area contributed by atoms with Crippen LogP contribution < -0.4 is 15.4 Å². The lowest BCUT2D eigenvalue weighted by Gasteiger charge is -2.13.